The molecule has 0 aromatic heterocycles. The van der Waals surface area contributed by atoms with Gasteiger partial charge in [0.25, 0.3) is 0 Å². The molecule has 1 aliphatic rings. The molecule has 0 saturated heterocycles. The van der Waals surface area contributed by atoms with Crippen molar-refractivity contribution in [3.63, 3.8) is 0 Å². The average molecular weight is 236 g/mol. The second kappa shape index (κ2) is 6.81. The summed E-state index contributed by atoms with van der Waals surface area (Å²) < 4.78 is 0.782. The highest BCUT2D eigenvalue weighted by atomic mass is 32.1. The Labute approximate surface area is 103 Å². The molecule has 80 valence electrons. The molecule has 2 rings (SSSR count). The maximum atomic E-state index is 4.56. The Bertz CT molecular complexity index is 353. The van der Waals surface area contributed by atoms with Crippen LogP contribution in [0, 0.1) is 0 Å². The quantitative estimate of drug-likeness (QED) is 0.560. The van der Waals surface area contributed by atoms with E-state index >= 15 is 0 Å². The van der Waals surface area contributed by atoms with Crippen LogP contribution in [0.15, 0.2) is 30.3 Å². The summed E-state index contributed by atoms with van der Waals surface area (Å²) in [6, 6.07) is 8.58. The lowest BCUT2D eigenvalue weighted by molar-refractivity contribution is 0.986. The number of allylic oxidation sites excluding steroid dienone is 1. The molecular formula is C13H16S2. The van der Waals surface area contributed by atoms with Crippen LogP contribution in [-0.4, -0.2) is 4.20 Å². The zero-order valence-corrected chi connectivity index (χ0v) is 10.7. The van der Waals surface area contributed by atoms with Crippen molar-refractivity contribution in [2.45, 2.75) is 26.2 Å². The fourth-order valence-electron chi connectivity index (χ4n) is 1.37. The molecule has 0 atom stereocenters. The fourth-order valence-corrected chi connectivity index (χ4v) is 1.37. The molecule has 0 fully saturated rings. The van der Waals surface area contributed by atoms with E-state index in [1.54, 1.807) is 0 Å². The molecule has 1 aromatic carbocycles. The summed E-state index contributed by atoms with van der Waals surface area (Å²) in [6.45, 7) is 1.98. The molecule has 0 radical (unpaired) electrons. The van der Waals surface area contributed by atoms with Gasteiger partial charge in [0.1, 0.15) is 0 Å². The van der Waals surface area contributed by atoms with Crippen LogP contribution in [0.2, 0.25) is 0 Å². The molecule has 0 saturated carbocycles. The van der Waals surface area contributed by atoms with Gasteiger partial charge in [-0.3, -0.25) is 0 Å². The minimum Gasteiger partial charge on any atom is -0.136 e. The van der Waals surface area contributed by atoms with Crippen LogP contribution in [0.5, 0.6) is 0 Å². The molecule has 15 heavy (non-hydrogen) atoms. The van der Waals surface area contributed by atoms with Gasteiger partial charge in [0.2, 0.25) is 0 Å². The Kier molecular flexibility index (Phi) is 5.66. The Balaban J connectivity index is 0.000000195. The highest BCUT2D eigenvalue weighted by Gasteiger charge is 2.00. The molecule has 0 unspecified atom stereocenters. The van der Waals surface area contributed by atoms with Crippen LogP contribution in [-0.2, 0) is 6.42 Å². The molecule has 0 bridgehead atoms. The van der Waals surface area contributed by atoms with E-state index < -0.39 is 0 Å². The minimum absolute atomic E-state index is 0.782. The van der Waals surface area contributed by atoms with Crippen LogP contribution >= 0.6 is 24.8 Å². The lowest BCUT2D eigenvalue weighted by atomic mass is 9.98. The number of rotatable bonds is 1. The van der Waals surface area contributed by atoms with Gasteiger partial charge < -0.3 is 0 Å². The first-order valence-corrected chi connectivity index (χ1v) is 6.06. The summed E-state index contributed by atoms with van der Waals surface area (Å²) in [5.41, 5.74) is 2.89. The second-order valence-corrected chi connectivity index (χ2v) is 4.72. The van der Waals surface area contributed by atoms with Crippen LogP contribution < -0.4 is 0 Å². The number of fused-ring (bicyclic) bond motifs is 1. The second-order valence-electron chi connectivity index (χ2n) is 3.39. The summed E-state index contributed by atoms with van der Waals surface area (Å²) in [4.78, 5) is 0. The van der Waals surface area contributed by atoms with E-state index in [-0.39, 0.29) is 0 Å². The van der Waals surface area contributed by atoms with Crippen LogP contribution in [0.1, 0.15) is 30.9 Å². The van der Waals surface area contributed by atoms with Crippen LogP contribution in [0.25, 0.3) is 6.08 Å². The van der Waals surface area contributed by atoms with E-state index in [4.69, 9.17) is 0 Å². The lowest BCUT2D eigenvalue weighted by Gasteiger charge is -2.07. The van der Waals surface area contributed by atoms with Crippen molar-refractivity contribution in [2.75, 3.05) is 0 Å². The Hall–Kier alpha value is -0.600. The van der Waals surface area contributed by atoms with Crippen LogP contribution in [0.4, 0.5) is 0 Å². The van der Waals surface area contributed by atoms with E-state index in [9.17, 15) is 0 Å². The number of aryl methyl sites for hydroxylation is 1. The van der Waals surface area contributed by atoms with E-state index in [1.807, 2.05) is 6.92 Å². The van der Waals surface area contributed by atoms with Crippen molar-refractivity contribution in [1.82, 2.24) is 0 Å². The monoisotopic (exact) mass is 236 g/mol. The molecule has 0 nitrogen and oxygen atoms in total. The Morgan fingerprint density at radius 2 is 2.07 bits per heavy atom. The molecule has 1 aliphatic carbocycles. The van der Waals surface area contributed by atoms with Crippen molar-refractivity contribution < 1.29 is 0 Å². The summed E-state index contributed by atoms with van der Waals surface area (Å²) in [7, 11) is 0. The van der Waals surface area contributed by atoms with Gasteiger partial charge in [0, 0.05) is 4.20 Å². The summed E-state index contributed by atoms with van der Waals surface area (Å²) in [5, 5.41) is 0. The van der Waals surface area contributed by atoms with Crippen molar-refractivity contribution in [3.8, 4) is 0 Å². The number of hydrogen-bond acceptors (Lipinski definition) is 1. The van der Waals surface area contributed by atoms with Crippen molar-refractivity contribution in [1.29, 1.82) is 0 Å². The molecular weight excluding hydrogens is 220 g/mol. The predicted molar refractivity (Wildman–Crippen MR) is 75.7 cm³/mol. The molecule has 1 aromatic rings. The van der Waals surface area contributed by atoms with E-state index in [0.29, 0.717) is 0 Å². The minimum atomic E-state index is 0.782. The van der Waals surface area contributed by atoms with Gasteiger partial charge in [-0.2, -0.15) is 0 Å². The van der Waals surface area contributed by atoms with Gasteiger partial charge >= 0.3 is 0 Å². The van der Waals surface area contributed by atoms with E-state index in [0.717, 1.165) is 10.6 Å². The van der Waals surface area contributed by atoms with Gasteiger partial charge in [-0.25, -0.2) is 0 Å². The average Bonchev–Trinajstić information content (AvgIpc) is 2.30. The van der Waals surface area contributed by atoms with Crippen LogP contribution in [0.3, 0.4) is 0 Å². The van der Waals surface area contributed by atoms with E-state index in [1.165, 1.54) is 24.0 Å². The largest absolute Gasteiger partial charge is 0.136 e. The third-order valence-electron chi connectivity index (χ3n) is 2.24. The molecule has 0 amide bonds. The molecule has 2 heteroatoms. The maximum Gasteiger partial charge on any atom is 0.0445 e. The lowest BCUT2D eigenvalue weighted by Crippen LogP contribution is -1.91. The highest BCUT2D eigenvalue weighted by Crippen LogP contribution is 2.17. The molecule has 0 heterocycles. The molecule has 0 spiro atoms. The van der Waals surface area contributed by atoms with Gasteiger partial charge in [-0.1, -0.05) is 55.6 Å². The van der Waals surface area contributed by atoms with Crippen molar-refractivity contribution in [3.05, 3.63) is 41.5 Å². The number of thiol groups is 1. The zero-order chi connectivity index (χ0) is 11.1. The van der Waals surface area contributed by atoms with Gasteiger partial charge in [0.15, 0.2) is 0 Å². The maximum absolute atomic E-state index is 4.56. The number of hydrogen-bond donors (Lipinski definition) is 1. The Morgan fingerprint density at radius 1 is 1.40 bits per heavy atom. The van der Waals surface area contributed by atoms with Crippen molar-refractivity contribution >= 4 is 35.1 Å². The van der Waals surface area contributed by atoms with Gasteiger partial charge in [-0.05, 0) is 30.4 Å². The number of benzene rings is 1. The fraction of sp³-hybridized carbons (Fsp3) is 0.308. The molecule has 0 N–H and O–H groups in total. The van der Waals surface area contributed by atoms with Crippen molar-refractivity contribution in [2.24, 2.45) is 0 Å². The first-order chi connectivity index (χ1) is 7.24. The third kappa shape index (κ3) is 4.63. The van der Waals surface area contributed by atoms with E-state index in [2.05, 4.69) is 61.3 Å². The standard InChI is InChI=1S/C10H10.C3H6S2/c1-2-6-10-8-4-3-7-9(10)5-1;1-2-3(4)5/h1-3,5-7H,4,8H2;2H2,1H3,(H,4,5). The SMILES string of the molecule is C1=Cc2ccccc2CC1.CCC(=S)S. The molecule has 0 aliphatic heterocycles. The number of thiocarbonyl (C=S) groups is 1. The van der Waals surface area contributed by atoms with Gasteiger partial charge in [0.05, 0.1) is 0 Å². The summed E-state index contributed by atoms with van der Waals surface area (Å²) in [6.07, 6.45) is 7.77. The normalized spacial score (nSPS) is 12.4. The summed E-state index contributed by atoms with van der Waals surface area (Å²) >= 11 is 8.39. The van der Waals surface area contributed by atoms with Gasteiger partial charge in [-0.15, -0.1) is 12.6 Å². The topological polar surface area (TPSA) is 0 Å². The predicted octanol–water partition coefficient (Wildman–Crippen LogP) is 4.30. The Morgan fingerprint density at radius 3 is 2.67 bits per heavy atom. The first kappa shape index (κ1) is 12.5. The highest BCUT2D eigenvalue weighted by molar-refractivity contribution is 8.11. The summed E-state index contributed by atoms with van der Waals surface area (Å²) in [5.74, 6) is 0. The third-order valence-corrected chi connectivity index (χ3v) is 2.84. The first-order valence-electron chi connectivity index (χ1n) is 5.20. The zero-order valence-electron chi connectivity index (χ0n) is 8.94. The smallest absolute Gasteiger partial charge is 0.0445 e.